The van der Waals surface area contributed by atoms with Crippen molar-refractivity contribution < 1.29 is 14.3 Å². The van der Waals surface area contributed by atoms with E-state index in [1.165, 1.54) is 7.11 Å². The predicted molar refractivity (Wildman–Crippen MR) is 77.9 cm³/mol. The van der Waals surface area contributed by atoms with Gasteiger partial charge in [0, 0.05) is 24.3 Å². The molecule has 2 rings (SSSR count). The lowest BCUT2D eigenvalue weighted by molar-refractivity contribution is -0.0942. The number of nitrogens with one attached hydrogen (secondary N) is 1. The molecule has 20 heavy (non-hydrogen) atoms. The summed E-state index contributed by atoms with van der Waals surface area (Å²) in [5.41, 5.74) is 6.62. The zero-order valence-corrected chi connectivity index (χ0v) is 12.4. The summed E-state index contributed by atoms with van der Waals surface area (Å²) in [6, 6.07) is 5.26. The Hall–Kier alpha value is -1.75. The van der Waals surface area contributed by atoms with E-state index >= 15 is 0 Å². The highest BCUT2D eigenvalue weighted by Gasteiger charge is 2.49. The predicted octanol–water partition coefficient (Wildman–Crippen LogP) is 1.82. The first-order chi connectivity index (χ1) is 9.41. The number of nitrogen functional groups attached to an aromatic ring is 1. The molecule has 1 saturated carbocycles. The number of benzene rings is 1. The van der Waals surface area contributed by atoms with Gasteiger partial charge in [-0.2, -0.15) is 0 Å². The number of anilines is 1. The molecule has 0 saturated heterocycles. The van der Waals surface area contributed by atoms with Gasteiger partial charge in [-0.05, 0) is 18.6 Å². The molecule has 0 aromatic heterocycles. The molecule has 110 valence electrons. The zero-order valence-electron chi connectivity index (χ0n) is 12.4. The van der Waals surface area contributed by atoms with Gasteiger partial charge in [0.15, 0.2) is 0 Å². The van der Waals surface area contributed by atoms with Gasteiger partial charge in [0.1, 0.15) is 11.3 Å². The second-order valence-corrected chi connectivity index (χ2v) is 5.73. The summed E-state index contributed by atoms with van der Waals surface area (Å²) < 4.78 is 10.6. The van der Waals surface area contributed by atoms with Crippen LogP contribution in [0.5, 0.6) is 5.75 Å². The van der Waals surface area contributed by atoms with Crippen LogP contribution in [0.15, 0.2) is 18.2 Å². The molecule has 1 aliphatic carbocycles. The number of carbonyl (C=O) groups excluding carboxylic acids is 1. The van der Waals surface area contributed by atoms with E-state index < -0.39 is 0 Å². The Morgan fingerprint density at radius 2 is 2.10 bits per heavy atom. The van der Waals surface area contributed by atoms with E-state index in [4.69, 9.17) is 15.2 Å². The van der Waals surface area contributed by atoms with Gasteiger partial charge in [0.2, 0.25) is 0 Å². The minimum atomic E-state index is -0.201. The van der Waals surface area contributed by atoms with Crippen molar-refractivity contribution in [2.75, 3.05) is 20.0 Å². The van der Waals surface area contributed by atoms with E-state index in [0.29, 0.717) is 17.0 Å². The highest BCUT2D eigenvalue weighted by atomic mass is 16.5. The van der Waals surface area contributed by atoms with Crippen molar-refractivity contribution >= 4 is 11.6 Å². The SMILES string of the molecule is COc1cccc(N)c1C(=O)NC1CC(OC)C1(C)C. The van der Waals surface area contributed by atoms with Gasteiger partial charge in [-0.1, -0.05) is 19.9 Å². The van der Waals surface area contributed by atoms with Crippen molar-refractivity contribution in [2.24, 2.45) is 5.41 Å². The van der Waals surface area contributed by atoms with Crippen molar-refractivity contribution in [1.82, 2.24) is 5.32 Å². The number of carbonyl (C=O) groups is 1. The van der Waals surface area contributed by atoms with Gasteiger partial charge in [-0.25, -0.2) is 0 Å². The van der Waals surface area contributed by atoms with Crippen LogP contribution in [-0.4, -0.2) is 32.3 Å². The largest absolute Gasteiger partial charge is 0.496 e. The lowest BCUT2D eigenvalue weighted by atomic mass is 9.64. The van der Waals surface area contributed by atoms with Crippen molar-refractivity contribution in [2.45, 2.75) is 32.4 Å². The van der Waals surface area contributed by atoms with E-state index in [-0.39, 0.29) is 23.5 Å². The maximum Gasteiger partial charge on any atom is 0.257 e. The van der Waals surface area contributed by atoms with Gasteiger partial charge in [0.25, 0.3) is 5.91 Å². The second-order valence-electron chi connectivity index (χ2n) is 5.73. The van der Waals surface area contributed by atoms with E-state index in [0.717, 1.165) is 6.42 Å². The summed E-state index contributed by atoms with van der Waals surface area (Å²) in [6.07, 6.45) is 0.979. The summed E-state index contributed by atoms with van der Waals surface area (Å²) in [7, 11) is 3.22. The van der Waals surface area contributed by atoms with E-state index in [2.05, 4.69) is 19.2 Å². The van der Waals surface area contributed by atoms with E-state index in [1.807, 2.05) is 0 Å². The summed E-state index contributed by atoms with van der Waals surface area (Å²) in [5, 5.41) is 3.02. The quantitative estimate of drug-likeness (QED) is 0.824. The third-order valence-corrected chi connectivity index (χ3v) is 4.27. The smallest absolute Gasteiger partial charge is 0.257 e. The van der Waals surface area contributed by atoms with Gasteiger partial charge in [-0.15, -0.1) is 0 Å². The van der Waals surface area contributed by atoms with Crippen molar-refractivity contribution in [3.05, 3.63) is 23.8 Å². The number of hydrogen-bond donors (Lipinski definition) is 2. The molecule has 0 bridgehead atoms. The molecule has 1 fully saturated rings. The van der Waals surface area contributed by atoms with Gasteiger partial charge in [0.05, 0.1) is 13.2 Å². The van der Waals surface area contributed by atoms with Crippen molar-refractivity contribution in [3.63, 3.8) is 0 Å². The fourth-order valence-corrected chi connectivity index (χ4v) is 2.72. The van der Waals surface area contributed by atoms with Crippen LogP contribution in [0, 0.1) is 5.41 Å². The maximum atomic E-state index is 12.4. The second kappa shape index (κ2) is 5.32. The summed E-state index contributed by atoms with van der Waals surface area (Å²) >= 11 is 0. The van der Waals surface area contributed by atoms with Gasteiger partial charge >= 0.3 is 0 Å². The van der Waals surface area contributed by atoms with E-state index in [9.17, 15) is 4.79 Å². The number of methoxy groups -OCH3 is 2. The Kier molecular flexibility index (Phi) is 3.90. The molecule has 1 aliphatic rings. The van der Waals surface area contributed by atoms with Gasteiger partial charge in [-0.3, -0.25) is 4.79 Å². The van der Waals surface area contributed by atoms with Crippen LogP contribution >= 0.6 is 0 Å². The molecule has 1 amide bonds. The molecule has 1 aromatic carbocycles. The first-order valence-electron chi connectivity index (χ1n) is 6.68. The number of rotatable bonds is 4. The average molecular weight is 278 g/mol. The average Bonchev–Trinajstić information content (AvgIpc) is 2.42. The number of hydrogen-bond acceptors (Lipinski definition) is 4. The van der Waals surface area contributed by atoms with Crippen LogP contribution in [0.2, 0.25) is 0 Å². The fourth-order valence-electron chi connectivity index (χ4n) is 2.72. The molecular formula is C15H22N2O3. The molecular weight excluding hydrogens is 256 g/mol. The van der Waals surface area contributed by atoms with Crippen LogP contribution in [0.1, 0.15) is 30.6 Å². The monoisotopic (exact) mass is 278 g/mol. The molecule has 5 nitrogen and oxygen atoms in total. The minimum absolute atomic E-state index is 0.0734. The first kappa shape index (κ1) is 14.7. The maximum absolute atomic E-state index is 12.4. The Labute approximate surface area is 119 Å². The molecule has 2 atom stereocenters. The zero-order chi connectivity index (χ0) is 14.9. The number of ether oxygens (including phenoxy) is 2. The third kappa shape index (κ3) is 2.33. The molecule has 0 heterocycles. The number of amides is 1. The normalized spacial score (nSPS) is 23.8. The molecule has 5 heteroatoms. The highest BCUT2D eigenvalue weighted by Crippen LogP contribution is 2.42. The molecule has 0 spiro atoms. The topological polar surface area (TPSA) is 73.6 Å². The first-order valence-corrected chi connectivity index (χ1v) is 6.68. The minimum Gasteiger partial charge on any atom is -0.496 e. The van der Waals surface area contributed by atoms with E-state index in [1.54, 1.807) is 25.3 Å². The molecule has 3 N–H and O–H groups in total. The standard InChI is InChI=1S/C15H22N2O3/c1-15(2)11(8-12(15)20-4)17-14(18)13-9(16)6-5-7-10(13)19-3/h5-7,11-12H,8,16H2,1-4H3,(H,17,18). The highest BCUT2D eigenvalue weighted by molar-refractivity contribution is 6.02. The van der Waals surface area contributed by atoms with Crippen molar-refractivity contribution in [1.29, 1.82) is 0 Å². The van der Waals surface area contributed by atoms with Crippen LogP contribution in [0.25, 0.3) is 0 Å². The summed E-state index contributed by atoms with van der Waals surface area (Å²) in [4.78, 5) is 12.4. The Balaban J connectivity index is 2.15. The van der Waals surface area contributed by atoms with Gasteiger partial charge < -0.3 is 20.5 Å². The Bertz CT molecular complexity index is 514. The Morgan fingerprint density at radius 1 is 1.40 bits per heavy atom. The lowest BCUT2D eigenvalue weighted by Gasteiger charge is -2.51. The summed E-state index contributed by atoms with van der Waals surface area (Å²) in [5.74, 6) is 0.287. The van der Waals surface area contributed by atoms with Crippen LogP contribution in [-0.2, 0) is 4.74 Å². The van der Waals surface area contributed by atoms with Crippen LogP contribution in [0.3, 0.4) is 0 Å². The molecule has 1 aromatic rings. The van der Waals surface area contributed by atoms with Crippen LogP contribution < -0.4 is 15.8 Å². The Morgan fingerprint density at radius 3 is 2.65 bits per heavy atom. The molecule has 0 radical (unpaired) electrons. The number of nitrogens with two attached hydrogens (primary N) is 1. The summed E-state index contributed by atoms with van der Waals surface area (Å²) in [6.45, 7) is 4.17. The van der Waals surface area contributed by atoms with Crippen molar-refractivity contribution in [3.8, 4) is 5.75 Å². The fraction of sp³-hybridized carbons (Fsp3) is 0.533. The molecule has 2 unspecified atom stereocenters. The molecule has 0 aliphatic heterocycles. The third-order valence-electron chi connectivity index (χ3n) is 4.27. The van der Waals surface area contributed by atoms with Crippen LogP contribution in [0.4, 0.5) is 5.69 Å². The lowest BCUT2D eigenvalue weighted by Crippen LogP contribution is -2.61.